The van der Waals surface area contributed by atoms with Gasteiger partial charge in [0, 0.05) is 0 Å². The molecule has 0 atom stereocenters. The molecule has 1 aromatic carbocycles. The molecule has 0 spiro atoms. The number of ether oxygens (including phenoxy) is 1. The monoisotopic (exact) mass is 210 g/mol. The Morgan fingerprint density at radius 1 is 1.47 bits per heavy atom. The van der Waals surface area contributed by atoms with Crippen molar-refractivity contribution >= 4 is 12.1 Å². The second-order valence-electron chi connectivity index (χ2n) is 2.91. The van der Waals surface area contributed by atoms with Gasteiger partial charge in [-0.25, -0.2) is 0 Å². The first-order chi connectivity index (χ1) is 7.02. The van der Waals surface area contributed by atoms with Crippen molar-refractivity contribution in [3.8, 4) is 17.2 Å². The minimum atomic E-state index is -0.530. The lowest BCUT2D eigenvalue weighted by atomic mass is 10.1. The van der Waals surface area contributed by atoms with E-state index in [0.29, 0.717) is 0 Å². The molecule has 2 N–H and O–H groups in total. The third kappa shape index (κ3) is 1.76. The lowest BCUT2D eigenvalue weighted by Crippen LogP contribution is -2.00. The Hall–Kier alpha value is -2.04. The summed E-state index contributed by atoms with van der Waals surface area (Å²) < 4.78 is 4.79. The van der Waals surface area contributed by atoms with E-state index in [1.165, 1.54) is 14.0 Å². The Kier molecular flexibility index (Phi) is 2.94. The summed E-state index contributed by atoms with van der Waals surface area (Å²) in [6, 6.07) is 1.09. The van der Waals surface area contributed by atoms with Crippen LogP contribution in [0.25, 0.3) is 0 Å². The Balaban J connectivity index is 3.58. The number of benzene rings is 1. The average Bonchev–Trinajstić information content (AvgIpc) is 2.17. The number of carbonyl (C=O) groups is 2. The average molecular weight is 210 g/mol. The quantitative estimate of drug-likeness (QED) is 0.577. The van der Waals surface area contributed by atoms with Gasteiger partial charge in [-0.3, -0.25) is 9.59 Å². The maximum Gasteiger partial charge on any atom is 0.172 e. The van der Waals surface area contributed by atoms with Gasteiger partial charge in [0.05, 0.1) is 12.7 Å². The number of phenolic OH excluding ortho intramolecular Hbond substituents is 2. The minimum absolute atomic E-state index is 0.0260. The Labute approximate surface area is 85.9 Å². The fourth-order valence-corrected chi connectivity index (χ4v) is 1.24. The topological polar surface area (TPSA) is 83.8 Å². The van der Waals surface area contributed by atoms with Gasteiger partial charge in [0.2, 0.25) is 0 Å². The molecule has 0 aliphatic heterocycles. The fraction of sp³-hybridized carbons (Fsp3) is 0.200. The SMILES string of the molecule is COc1c(C(C)=O)cc(O)c(C=O)c1O. The van der Waals surface area contributed by atoms with Gasteiger partial charge >= 0.3 is 0 Å². The molecule has 0 bridgehead atoms. The van der Waals surface area contributed by atoms with E-state index in [9.17, 15) is 19.8 Å². The first kappa shape index (κ1) is 11.0. The molecule has 0 aliphatic carbocycles. The highest BCUT2D eigenvalue weighted by Gasteiger charge is 2.19. The van der Waals surface area contributed by atoms with Crippen molar-refractivity contribution in [2.45, 2.75) is 6.92 Å². The number of Topliss-reactive ketones (excluding diaryl/α,β-unsaturated/α-hetero) is 1. The number of aldehydes is 1. The van der Waals surface area contributed by atoms with Crippen molar-refractivity contribution in [3.63, 3.8) is 0 Å². The van der Waals surface area contributed by atoms with E-state index >= 15 is 0 Å². The van der Waals surface area contributed by atoms with Gasteiger partial charge in [-0.15, -0.1) is 0 Å². The first-order valence-corrected chi connectivity index (χ1v) is 4.12. The van der Waals surface area contributed by atoms with Gasteiger partial charge in [-0.1, -0.05) is 0 Å². The number of phenols is 2. The molecule has 0 fully saturated rings. The van der Waals surface area contributed by atoms with Crippen LogP contribution in [-0.4, -0.2) is 29.4 Å². The summed E-state index contributed by atoms with van der Waals surface area (Å²) in [5.41, 5.74) is -0.269. The molecule has 15 heavy (non-hydrogen) atoms. The maximum atomic E-state index is 11.1. The summed E-state index contributed by atoms with van der Waals surface area (Å²) in [6.07, 6.45) is 0.289. The van der Waals surface area contributed by atoms with Crippen LogP contribution in [0, 0.1) is 0 Å². The standard InChI is InChI=1S/C10H10O5/c1-5(12)6-3-8(13)7(4-11)9(14)10(6)15-2/h3-4,13-14H,1-2H3. The molecule has 1 rings (SSSR count). The number of hydrogen-bond acceptors (Lipinski definition) is 5. The summed E-state index contributed by atoms with van der Waals surface area (Å²) in [5.74, 6) is -1.47. The molecule has 0 unspecified atom stereocenters. The number of methoxy groups -OCH3 is 1. The molecular weight excluding hydrogens is 200 g/mol. The minimum Gasteiger partial charge on any atom is -0.507 e. The van der Waals surface area contributed by atoms with Gasteiger partial charge in [0.25, 0.3) is 0 Å². The zero-order chi connectivity index (χ0) is 11.6. The van der Waals surface area contributed by atoms with Gasteiger partial charge in [-0.05, 0) is 13.0 Å². The molecule has 5 heteroatoms. The van der Waals surface area contributed by atoms with Crippen LogP contribution >= 0.6 is 0 Å². The molecule has 80 valence electrons. The fourth-order valence-electron chi connectivity index (χ4n) is 1.24. The van der Waals surface area contributed by atoms with Crippen molar-refractivity contribution in [1.29, 1.82) is 0 Å². The van der Waals surface area contributed by atoms with Crippen molar-refractivity contribution in [2.24, 2.45) is 0 Å². The lowest BCUT2D eigenvalue weighted by Gasteiger charge is -2.10. The molecule has 0 amide bonds. The molecule has 0 radical (unpaired) electrons. The largest absolute Gasteiger partial charge is 0.507 e. The van der Waals surface area contributed by atoms with Crippen molar-refractivity contribution in [3.05, 3.63) is 17.2 Å². The normalized spacial score (nSPS) is 9.73. The number of aromatic hydroxyl groups is 2. The first-order valence-electron chi connectivity index (χ1n) is 4.12. The van der Waals surface area contributed by atoms with E-state index in [4.69, 9.17) is 4.74 Å². The highest BCUT2D eigenvalue weighted by atomic mass is 16.5. The maximum absolute atomic E-state index is 11.1. The second kappa shape index (κ2) is 4.00. The van der Waals surface area contributed by atoms with E-state index < -0.39 is 11.5 Å². The predicted molar refractivity (Wildman–Crippen MR) is 51.7 cm³/mol. The highest BCUT2D eigenvalue weighted by molar-refractivity contribution is 6.00. The van der Waals surface area contributed by atoms with E-state index in [0.717, 1.165) is 6.07 Å². The van der Waals surface area contributed by atoms with Gasteiger partial charge in [0.15, 0.2) is 23.6 Å². The molecule has 0 saturated heterocycles. The Morgan fingerprint density at radius 2 is 2.07 bits per heavy atom. The molecule has 0 heterocycles. The van der Waals surface area contributed by atoms with Crippen LogP contribution in [0.15, 0.2) is 6.07 Å². The predicted octanol–water partition coefficient (Wildman–Crippen LogP) is 1.12. The zero-order valence-electron chi connectivity index (χ0n) is 8.27. The number of hydrogen-bond donors (Lipinski definition) is 2. The van der Waals surface area contributed by atoms with Crippen LogP contribution in [-0.2, 0) is 0 Å². The van der Waals surface area contributed by atoms with Gasteiger partial charge in [0.1, 0.15) is 11.3 Å². The van der Waals surface area contributed by atoms with E-state index in [1.807, 2.05) is 0 Å². The van der Waals surface area contributed by atoms with E-state index in [2.05, 4.69) is 0 Å². The van der Waals surface area contributed by atoms with Gasteiger partial charge < -0.3 is 14.9 Å². The van der Waals surface area contributed by atoms with Crippen molar-refractivity contribution < 1.29 is 24.5 Å². The van der Waals surface area contributed by atoms with Crippen LogP contribution in [0.5, 0.6) is 17.2 Å². The summed E-state index contributed by atoms with van der Waals surface area (Å²) in [6.45, 7) is 1.26. The third-order valence-corrected chi connectivity index (χ3v) is 1.97. The number of ketones is 1. The molecule has 1 aromatic rings. The Bertz CT molecular complexity index is 422. The summed E-state index contributed by atoms with van der Waals surface area (Å²) in [4.78, 5) is 21.7. The van der Waals surface area contributed by atoms with Crippen molar-refractivity contribution in [2.75, 3.05) is 7.11 Å². The summed E-state index contributed by atoms with van der Waals surface area (Å²) >= 11 is 0. The number of carbonyl (C=O) groups excluding carboxylic acids is 2. The Morgan fingerprint density at radius 3 is 2.47 bits per heavy atom. The van der Waals surface area contributed by atoms with Crippen LogP contribution in [0.1, 0.15) is 27.6 Å². The molecule has 0 aliphatic rings. The van der Waals surface area contributed by atoms with Crippen LogP contribution in [0.2, 0.25) is 0 Å². The van der Waals surface area contributed by atoms with Crippen LogP contribution in [0.4, 0.5) is 0 Å². The van der Waals surface area contributed by atoms with E-state index in [1.54, 1.807) is 0 Å². The highest BCUT2D eigenvalue weighted by Crippen LogP contribution is 2.38. The molecular formula is C10H10O5. The second-order valence-corrected chi connectivity index (χ2v) is 2.91. The zero-order valence-corrected chi connectivity index (χ0v) is 8.27. The van der Waals surface area contributed by atoms with Crippen LogP contribution < -0.4 is 4.74 Å². The lowest BCUT2D eigenvalue weighted by molar-refractivity contribution is 0.101. The third-order valence-electron chi connectivity index (χ3n) is 1.97. The summed E-state index contributed by atoms with van der Waals surface area (Å²) in [5, 5.41) is 18.9. The smallest absolute Gasteiger partial charge is 0.172 e. The van der Waals surface area contributed by atoms with E-state index in [-0.39, 0.29) is 28.9 Å². The molecule has 0 aromatic heterocycles. The van der Waals surface area contributed by atoms with Crippen molar-refractivity contribution in [1.82, 2.24) is 0 Å². The van der Waals surface area contributed by atoms with Gasteiger partial charge in [-0.2, -0.15) is 0 Å². The molecule has 0 saturated carbocycles. The molecule has 5 nitrogen and oxygen atoms in total. The summed E-state index contributed by atoms with van der Waals surface area (Å²) in [7, 11) is 1.26. The number of rotatable bonds is 3. The van der Waals surface area contributed by atoms with Crippen LogP contribution in [0.3, 0.4) is 0 Å².